The highest BCUT2D eigenvalue weighted by atomic mass is 16.5. The Hall–Kier alpha value is -0.700. The molecule has 0 heterocycles. The summed E-state index contributed by atoms with van der Waals surface area (Å²) in [6, 6.07) is 0. The molecule has 0 amide bonds. The first-order chi connectivity index (χ1) is 6.38. The fraction of sp³-hybridized carbons (Fsp3) is 0.818. The molecule has 0 saturated carbocycles. The number of carbonyl (C=O) groups excluding carboxylic acids is 2. The Bertz CT molecular complexity index is 201. The van der Waals surface area contributed by atoms with Gasteiger partial charge in [-0.25, -0.2) is 0 Å². The molecule has 0 N–H and O–H groups in total. The maximum Gasteiger partial charge on any atom is 0.145 e. The van der Waals surface area contributed by atoms with E-state index in [4.69, 9.17) is 4.74 Å². The number of ether oxygens (including phenoxy) is 1. The lowest BCUT2D eigenvalue weighted by Gasteiger charge is -2.15. The summed E-state index contributed by atoms with van der Waals surface area (Å²) in [6.07, 6.45) is 0.381. The van der Waals surface area contributed by atoms with Gasteiger partial charge in [0.2, 0.25) is 0 Å². The van der Waals surface area contributed by atoms with E-state index in [1.165, 1.54) is 0 Å². The SMILES string of the molecule is CCOCCC(=O)CC(=O)C(C)(C)C. The molecule has 0 fully saturated rings. The van der Waals surface area contributed by atoms with Crippen molar-refractivity contribution in [3.8, 4) is 0 Å². The normalized spacial score (nSPS) is 11.4. The molecule has 0 aromatic carbocycles. The lowest BCUT2D eigenvalue weighted by Crippen LogP contribution is -2.23. The minimum Gasteiger partial charge on any atom is -0.381 e. The van der Waals surface area contributed by atoms with Crippen molar-refractivity contribution in [3.63, 3.8) is 0 Å². The fourth-order valence-electron chi connectivity index (χ4n) is 0.863. The van der Waals surface area contributed by atoms with Crippen molar-refractivity contribution in [1.82, 2.24) is 0 Å². The lowest BCUT2D eigenvalue weighted by molar-refractivity contribution is -0.132. The van der Waals surface area contributed by atoms with Gasteiger partial charge in [0.15, 0.2) is 0 Å². The molecule has 3 nitrogen and oxygen atoms in total. The Kier molecular flexibility index (Phi) is 5.62. The van der Waals surface area contributed by atoms with Crippen LogP contribution in [-0.2, 0) is 14.3 Å². The topological polar surface area (TPSA) is 43.4 Å². The van der Waals surface area contributed by atoms with Crippen LogP contribution in [0.5, 0.6) is 0 Å². The van der Waals surface area contributed by atoms with Crippen molar-refractivity contribution in [2.45, 2.75) is 40.5 Å². The minimum absolute atomic E-state index is 0.000927. The van der Waals surface area contributed by atoms with E-state index >= 15 is 0 Å². The van der Waals surface area contributed by atoms with E-state index in [0.29, 0.717) is 19.6 Å². The second-order valence-electron chi connectivity index (χ2n) is 4.34. The third kappa shape index (κ3) is 5.86. The summed E-state index contributed by atoms with van der Waals surface area (Å²) in [5.74, 6) is -0.0302. The first-order valence-electron chi connectivity index (χ1n) is 5.00. The summed E-state index contributed by atoms with van der Waals surface area (Å²) in [4.78, 5) is 22.7. The molecule has 0 aliphatic carbocycles. The molecule has 0 aliphatic rings. The first kappa shape index (κ1) is 13.3. The molecule has 0 atom stereocenters. The summed E-state index contributed by atoms with van der Waals surface area (Å²) in [5.41, 5.74) is -0.415. The molecule has 3 heteroatoms. The number of ketones is 2. The van der Waals surface area contributed by atoms with Crippen LogP contribution in [0.4, 0.5) is 0 Å². The van der Waals surface area contributed by atoms with E-state index in [2.05, 4.69) is 0 Å². The average molecular weight is 200 g/mol. The molecule has 0 saturated heterocycles. The van der Waals surface area contributed by atoms with Gasteiger partial charge in [0.25, 0.3) is 0 Å². The van der Waals surface area contributed by atoms with Crippen LogP contribution < -0.4 is 0 Å². The molecule has 82 valence electrons. The molecule has 0 spiro atoms. The monoisotopic (exact) mass is 200 g/mol. The number of rotatable bonds is 6. The molecule has 0 unspecified atom stereocenters. The quantitative estimate of drug-likeness (QED) is 0.486. The zero-order valence-electron chi connectivity index (χ0n) is 9.55. The summed E-state index contributed by atoms with van der Waals surface area (Å²) in [5, 5.41) is 0. The van der Waals surface area contributed by atoms with Gasteiger partial charge in [-0.15, -0.1) is 0 Å². The van der Waals surface area contributed by atoms with Crippen LogP contribution in [0.25, 0.3) is 0 Å². The molecule has 0 rings (SSSR count). The maximum atomic E-state index is 11.4. The van der Waals surface area contributed by atoms with Gasteiger partial charge in [-0.3, -0.25) is 9.59 Å². The Balaban J connectivity index is 3.78. The minimum atomic E-state index is -0.415. The molecule has 0 aromatic rings. The Labute approximate surface area is 85.8 Å². The van der Waals surface area contributed by atoms with Gasteiger partial charge in [0.1, 0.15) is 11.6 Å². The largest absolute Gasteiger partial charge is 0.381 e. The second-order valence-corrected chi connectivity index (χ2v) is 4.34. The van der Waals surface area contributed by atoms with Gasteiger partial charge in [-0.05, 0) is 6.92 Å². The zero-order chi connectivity index (χ0) is 11.2. The smallest absolute Gasteiger partial charge is 0.145 e. The Morgan fingerprint density at radius 3 is 2.21 bits per heavy atom. The number of carbonyl (C=O) groups is 2. The Morgan fingerprint density at radius 2 is 1.79 bits per heavy atom. The van der Waals surface area contributed by atoms with Crippen molar-refractivity contribution < 1.29 is 14.3 Å². The third-order valence-corrected chi connectivity index (χ3v) is 1.92. The molecule has 0 radical (unpaired) electrons. The van der Waals surface area contributed by atoms with Crippen LogP contribution >= 0.6 is 0 Å². The third-order valence-electron chi connectivity index (χ3n) is 1.92. The summed E-state index contributed by atoms with van der Waals surface area (Å²) in [7, 11) is 0. The summed E-state index contributed by atoms with van der Waals surface area (Å²) < 4.78 is 5.04. The van der Waals surface area contributed by atoms with Crippen molar-refractivity contribution >= 4 is 11.6 Å². The molecule has 0 bridgehead atoms. The van der Waals surface area contributed by atoms with Crippen molar-refractivity contribution in [3.05, 3.63) is 0 Å². The van der Waals surface area contributed by atoms with Crippen molar-refractivity contribution in [1.29, 1.82) is 0 Å². The molecule has 0 aliphatic heterocycles. The van der Waals surface area contributed by atoms with Crippen LogP contribution in [-0.4, -0.2) is 24.8 Å². The predicted octanol–water partition coefficient (Wildman–Crippen LogP) is 1.99. The molecular weight excluding hydrogens is 180 g/mol. The fourth-order valence-corrected chi connectivity index (χ4v) is 0.863. The van der Waals surface area contributed by atoms with E-state index in [-0.39, 0.29) is 18.0 Å². The van der Waals surface area contributed by atoms with Crippen molar-refractivity contribution in [2.24, 2.45) is 5.41 Å². The van der Waals surface area contributed by atoms with Gasteiger partial charge in [0, 0.05) is 18.4 Å². The van der Waals surface area contributed by atoms with E-state index in [1.54, 1.807) is 0 Å². The molecular formula is C11H20O3. The van der Waals surface area contributed by atoms with E-state index in [1.807, 2.05) is 27.7 Å². The van der Waals surface area contributed by atoms with Gasteiger partial charge in [-0.1, -0.05) is 20.8 Å². The van der Waals surface area contributed by atoms with E-state index < -0.39 is 5.41 Å². The highest BCUT2D eigenvalue weighted by Gasteiger charge is 2.23. The summed E-state index contributed by atoms with van der Waals surface area (Å²) >= 11 is 0. The van der Waals surface area contributed by atoms with Crippen LogP contribution in [0, 0.1) is 5.41 Å². The number of hydrogen-bond acceptors (Lipinski definition) is 3. The average Bonchev–Trinajstić information content (AvgIpc) is 2.03. The van der Waals surface area contributed by atoms with Gasteiger partial charge in [-0.2, -0.15) is 0 Å². The predicted molar refractivity (Wildman–Crippen MR) is 55.2 cm³/mol. The maximum absolute atomic E-state index is 11.4. The van der Waals surface area contributed by atoms with Crippen LogP contribution in [0.15, 0.2) is 0 Å². The van der Waals surface area contributed by atoms with Crippen LogP contribution in [0.3, 0.4) is 0 Å². The van der Waals surface area contributed by atoms with Crippen molar-refractivity contribution in [2.75, 3.05) is 13.2 Å². The second kappa shape index (κ2) is 5.91. The standard InChI is InChI=1S/C11H20O3/c1-5-14-7-6-9(12)8-10(13)11(2,3)4/h5-8H2,1-4H3. The molecule has 0 aromatic heterocycles. The van der Waals surface area contributed by atoms with Gasteiger partial charge >= 0.3 is 0 Å². The first-order valence-corrected chi connectivity index (χ1v) is 5.00. The van der Waals surface area contributed by atoms with E-state index in [0.717, 1.165) is 0 Å². The van der Waals surface area contributed by atoms with Gasteiger partial charge < -0.3 is 4.74 Å². The highest BCUT2D eigenvalue weighted by Crippen LogP contribution is 2.17. The van der Waals surface area contributed by atoms with Crippen LogP contribution in [0.2, 0.25) is 0 Å². The number of hydrogen-bond donors (Lipinski definition) is 0. The van der Waals surface area contributed by atoms with Gasteiger partial charge in [0.05, 0.1) is 13.0 Å². The number of Topliss-reactive ketones (excluding diaryl/α,β-unsaturated/α-hetero) is 2. The highest BCUT2D eigenvalue weighted by molar-refractivity contribution is 6.01. The Morgan fingerprint density at radius 1 is 1.21 bits per heavy atom. The van der Waals surface area contributed by atoms with Crippen LogP contribution in [0.1, 0.15) is 40.5 Å². The summed E-state index contributed by atoms with van der Waals surface area (Å²) in [6.45, 7) is 8.39. The zero-order valence-corrected chi connectivity index (χ0v) is 9.55. The lowest BCUT2D eigenvalue weighted by atomic mass is 9.88. The molecule has 14 heavy (non-hydrogen) atoms. The van der Waals surface area contributed by atoms with E-state index in [9.17, 15) is 9.59 Å².